The molecule has 3 rings (SSSR count). The molecule has 26 heavy (non-hydrogen) atoms. The molecule has 0 aliphatic heterocycles. The van der Waals surface area contributed by atoms with Gasteiger partial charge in [-0.3, -0.25) is 4.79 Å². The maximum Gasteiger partial charge on any atom is 0.341 e. The molecule has 3 aromatic rings. The van der Waals surface area contributed by atoms with E-state index in [1.807, 2.05) is 0 Å². The molecule has 0 spiro atoms. The Hall–Kier alpha value is -2.45. The van der Waals surface area contributed by atoms with E-state index in [0.717, 1.165) is 6.07 Å². The van der Waals surface area contributed by atoms with Crippen LogP contribution in [0.2, 0.25) is 5.02 Å². The molecule has 5 nitrogen and oxygen atoms in total. The Kier molecular flexibility index (Phi) is 4.72. The van der Waals surface area contributed by atoms with Gasteiger partial charge in [-0.2, -0.15) is 8.78 Å². The summed E-state index contributed by atoms with van der Waals surface area (Å²) in [6.07, 6.45) is 0. The number of benzene rings is 2. The zero-order valence-electron chi connectivity index (χ0n) is 13.3. The molecule has 1 N–H and O–H groups in total. The number of fused-ring (bicyclic) bond motifs is 1. The van der Waals surface area contributed by atoms with E-state index >= 15 is 0 Å². The highest BCUT2D eigenvalue weighted by Gasteiger charge is 2.30. The topological polar surface area (TPSA) is 76.4 Å². The van der Waals surface area contributed by atoms with Crippen LogP contribution in [0, 0.1) is 6.92 Å². The number of carbonyl (C=O) groups is 1. The average Bonchev–Trinajstić information content (AvgIpc) is 2.94. The van der Waals surface area contributed by atoms with Gasteiger partial charge in [0.2, 0.25) is 9.84 Å². The molecule has 0 fully saturated rings. The van der Waals surface area contributed by atoms with Crippen LogP contribution in [0.25, 0.3) is 11.0 Å². The molecule has 1 aromatic heterocycles. The van der Waals surface area contributed by atoms with E-state index in [0.29, 0.717) is 21.6 Å². The molecular formula is C17H12ClF2NO4S. The molecule has 1 amide bonds. The molecule has 0 unspecified atom stereocenters. The first kappa shape index (κ1) is 18.3. The van der Waals surface area contributed by atoms with E-state index < -0.39 is 26.4 Å². The number of rotatable bonds is 4. The fraction of sp³-hybridized carbons (Fsp3) is 0.118. The standard InChI is InChI=1S/C17H12ClF2NO4S/c1-9-10-5-4-6-11(18)15(10)25-14(9)16(22)21-12-7-2-3-8-13(12)26(23,24)17(19)20/h2-8,17H,1H3,(H,21,22). The van der Waals surface area contributed by atoms with Crippen molar-refractivity contribution < 1.29 is 26.4 Å². The number of para-hydroxylation sites is 2. The van der Waals surface area contributed by atoms with Crippen molar-refractivity contribution in [3.8, 4) is 0 Å². The van der Waals surface area contributed by atoms with Gasteiger partial charge in [0.05, 0.1) is 15.6 Å². The van der Waals surface area contributed by atoms with Crippen molar-refractivity contribution in [2.75, 3.05) is 5.32 Å². The van der Waals surface area contributed by atoms with Crippen molar-refractivity contribution in [1.82, 2.24) is 0 Å². The second-order valence-corrected chi connectivity index (χ2v) is 7.72. The molecule has 0 bridgehead atoms. The van der Waals surface area contributed by atoms with Gasteiger partial charge in [0.25, 0.3) is 5.91 Å². The van der Waals surface area contributed by atoms with Crippen molar-refractivity contribution in [3.05, 3.63) is 58.8 Å². The van der Waals surface area contributed by atoms with Gasteiger partial charge in [-0.1, -0.05) is 35.9 Å². The normalized spacial score (nSPS) is 11.9. The summed E-state index contributed by atoms with van der Waals surface area (Å²) in [5.41, 5.74) is 0.545. The fourth-order valence-corrected chi connectivity index (χ4v) is 3.62. The number of halogens is 3. The Balaban J connectivity index is 2.03. The van der Waals surface area contributed by atoms with Gasteiger partial charge >= 0.3 is 5.76 Å². The van der Waals surface area contributed by atoms with E-state index in [-0.39, 0.29) is 11.4 Å². The minimum Gasteiger partial charge on any atom is -0.449 e. The molecule has 9 heteroatoms. The Morgan fingerprint density at radius 3 is 2.50 bits per heavy atom. The van der Waals surface area contributed by atoms with Crippen LogP contribution in [0.5, 0.6) is 0 Å². The predicted octanol–water partition coefficient (Wildman–Crippen LogP) is 4.64. The number of carbonyl (C=O) groups excluding carboxylic acids is 1. The van der Waals surface area contributed by atoms with Crippen LogP contribution in [-0.2, 0) is 9.84 Å². The van der Waals surface area contributed by atoms with E-state index in [4.69, 9.17) is 16.0 Å². The summed E-state index contributed by atoms with van der Waals surface area (Å²) in [6, 6.07) is 9.93. The predicted molar refractivity (Wildman–Crippen MR) is 93.5 cm³/mol. The molecule has 0 aliphatic carbocycles. The Labute approximate surface area is 152 Å². The SMILES string of the molecule is Cc1c(C(=O)Nc2ccccc2S(=O)(=O)C(F)F)oc2c(Cl)cccc12. The maximum absolute atomic E-state index is 12.9. The first-order valence-corrected chi connectivity index (χ1v) is 9.26. The molecule has 0 saturated heterocycles. The highest BCUT2D eigenvalue weighted by atomic mass is 35.5. The highest BCUT2D eigenvalue weighted by Crippen LogP contribution is 2.32. The van der Waals surface area contributed by atoms with Gasteiger partial charge in [-0.25, -0.2) is 8.42 Å². The summed E-state index contributed by atoms with van der Waals surface area (Å²) >= 11 is 6.04. The minimum atomic E-state index is -4.88. The molecule has 0 aliphatic rings. The van der Waals surface area contributed by atoms with Crippen molar-refractivity contribution in [2.24, 2.45) is 0 Å². The van der Waals surface area contributed by atoms with Gasteiger partial charge in [-0.05, 0) is 25.1 Å². The summed E-state index contributed by atoms with van der Waals surface area (Å²) in [7, 11) is -4.88. The number of alkyl halides is 2. The summed E-state index contributed by atoms with van der Waals surface area (Å²) in [5, 5.41) is 3.25. The van der Waals surface area contributed by atoms with Crippen molar-refractivity contribution >= 4 is 44.0 Å². The van der Waals surface area contributed by atoms with Crippen LogP contribution < -0.4 is 5.32 Å². The van der Waals surface area contributed by atoms with Crippen molar-refractivity contribution in [3.63, 3.8) is 0 Å². The van der Waals surface area contributed by atoms with Crippen LogP contribution in [0.15, 0.2) is 51.8 Å². The number of hydrogen-bond donors (Lipinski definition) is 1. The number of nitrogens with one attached hydrogen (secondary N) is 1. The second-order valence-electron chi connectivity index (χ2n) is 5.43. The lowest BCUT2D eigenvalue weighted by Crippen LogP contribution is -2.18. The van der Waals surface area contributed by atoms with Gasteiger partial charge in [0.1, 0.15) is 0 Å². The smallest absolute Gasteiger partial charge is 0.341 e. The van der Waals surface area contributed by atoms with Crippen LogP contribution in [0.1, 0.15) is 16.1 Å². The first-order valence-electron chi connectivity index (χ1n) is 7.33. The maximum atomic E-state index is 12.9. The lowest BCUT2D eigenvalue weighted by Gasteiger charge is -2.10. The molecule has 2 aromatic carbocycles. The molecule has 0 saturated carbocycles. The summed E-state index contributed by atoms with van der Waals surface area (Å²) < 4.78 is 54.8. The summed E-state index contributed by atoms with van der Waals surface area (Å²) in [5.74, 6) is -4.46. The molecule has 1 heterocycles. The lowest BCUT2D eigenvalue weighted by atomic mass is 10.1. The number of anilines is 1. The van der Waals surface area contributed by atoms with Gasteiger partial charge in [-0.15, -0.1) is 0 Å². The van der Waals surface area contributed by atoms with Crippen LogP contribution >= 0.6 is 11.6 Å². The third kappa shape index (κ3) is 3.06. The Morgan fingerprint density at radius 2 is 1.85 bits per heavy atom. The number of sulfone groups is 1. The van der Waals surface area contributed by atoms with E-state index in [1.54, 1.807) is 25.1 Å². The second kappa shape index (κ2) is 6.69. The van der Waals surface area contributed by atoms with Gasteiger partial charge in [0.15, 0.2) is 11.3 Å². The monoisotopic (exact) mass is 399 g/mol. The minimum absolute atomic E-state index is 0.0858. The molecular weight excluding hydrogens is 388 g/mol. The number of aryl methyl sites for hydroxylation is 1. The quantitative estimate of drug-likeness (QED) is 0.693. The van der Waals surface area contributed by atoms with Crippen LogP contribution in [0.4, 0.5) is 14.5 Å². The highest BCUT2D eigenvalue weighted by molar-refractivity contribution is 7.91. The van der Waals surface area contributed by atoms with E-state index in [1.165, 1.54) is 18.2 Å². The van der Waals surface area contributed by atoms with Crippen molar-refractivity contribution in [1.29, 1.82) is 0 Å². The third-order valence-electron chi connectivity index (χ3n) is 3.80. The molecule has 0 radical (unpaired) electrons. The van der Waals surface area contributed by atoms with Gasteiger partial charge < -0.3 is 9.73 Å². The third-order valence-corrected chi connectivity index (χ3v) is 5.53. The zero-order valence-corrected chi connectivity index (χ0v) is 14.9. The number of hydrogen-bond acceptors (Lipinski definition) is 4. The van der Waals surface area contributed by atoms with E-state index in [2.05, 4.69) is 5.32 Å². The average molecular weight is 400 g/mol. The Bertz CT molecular complexity index is 1110. The number of furan rings is 1. The first-order chi connectivity index (χ1) is 12.2. The number of amides is 1. The van der Waals surface area contributed by atoms with Crippen LogP contribution in [0.3, 0.4) is 0 Å². The van der Waals surface area contributed by atoms with Crippen LogP contribution in [-0.4, -0.2) is 20.1 Å². The molecule has 0 atom stereocenters. The summed E-state index contributed by atoms with van der Waals surface area (Å²) in [6.45, 7) is 1.64. The fourth-order valence-electron chi connectivity index (χ4n) is 2.52. The van der Waals surface area contributed by atoms with Crippen molar-refractivity contribution in [2.45, 2.75) is 17.6 Å². The van der Waals surface area contributed by atoms with E-state index in [9.17, 15) is 22.0 Å². The lowest BCUT2D eigenvalue weighted by molar-refractivity contribution is 0.0997. The van der Waals surface area contributed by atoms with Gasteiger partial charge in [0, 0.05) is 10.9 Å². The summed E-state index contributed by atoms with van der Waals surface area (Å²) in [4.78, 5) is 11.9. The largest absolute Gasteiger partial charge is 0.449 e. The Morgan fingerprint density at radius 1 is 1.15 bits per heavy atom. The molecule has 136 valence electrons. The zero-order chi connectivity index (χ0) is 19.1.